The molecule has 1 atom stereocenters. The molecule has 6 heteroatoms. The van der Waals surface area contributed by atoms with Gasteiger partial charge in [-0.15, -0.1) is 0 Å². The fourth-order valence-electron chi connectivity index (χ4n) is 4.48. The molecule has 1 aliphatic carbocycles. The molecule has 1 aromatic rings. The van der Waals surface area contributed by atoms with Crippen molar-refractivity contribution in [2.24, 2.45) is 5.92 Å². The van der Waals surface area contributed by atoms with E-state index in [4.69, 9.17) is 9.47 Å². The zero-order valence-electron chi connectivity index (χ0n) is 15.9. The minimum absolute atomic E-state index is 0.119. The van der Waals surface area contributed by atoms with Gasteiger partial charge in [-0.05, 0) is 50.9 Å². The van der Waals surface area contributed by atoms with E-state index in [1.807, 2.05) is 4.90 Å². The first-order valence-corrected chi connectivity index (χ1v) is 10.2. The Hall–Kier alpha value is -1.95. The SMILES string of the molecule is O=C(CC1=CCCCC1)N1CC2(CC(CCOc3cnccn3)CCO2)C1. The second-order valence-corrected chi connectivity index (χ2v) is 8.11. The van der Waals surface area contributed by atoms with Gasteiger partial charge in [-0.2, -0.15) is 0 Å². The molecule has 4 rings (SSSR count). The summed E-state index contributed by atoms with van der Waals surface area (Å²) in [5.41, 5.74) is 1.21. The first kappa shape index (κ1) is 18.4. The van der Waals surface area contributed by atoms with Crippen molar-refractivity contribution >= 4 is 5.91 Å². The molecule has 6 nitrogen and oxygen atoms in total. The van der Waals surface area contributed by atoms with Crippen LogP contribution < -0.4 is 4.74 Å². The second-order valence-electron chi connectivity index (χ2n) is 8.11. The molecule has 146 valence electrons. The standard InChI is InChI=1S/C21H29N3O3/c25-20(12-17-4-2-1-3-5-17)24-15-21(16-24)13-18(7-11-27-21)6-10-26-19-14-22-8-9-23-19/h4,8-9,14,18H,1-3,5-7,10-13,15-16H2. The molecular weight excluding hydrogens is 342 g/mol. The molecule has 2 saturated heterocycles. The van der Waals surface area contributed by atoms with E-state index in [9.17, 15) is 4.79 Å². The van der Waals surface area contributed by atoms with E-state index < -0.39 is 0 Å². The van der Waals surface area contributed by atoms with Crippen molar-refractivity contribution in [3.63, 3.8) is 0 Å². The number of amides is 1. The van der Waals surface area contributed by atoms with E-state index in [0.717, 1.165) is 51.8 Å². The van der Waals surface area contributed by atoms with E-state index in [0.29, 0.717) is 24.8 Å². The van der Waals surface area contributed by atoms with E-state index in [1.54, 1.807) is 18.6 Å². The van der Waals surface area contributed by atoms with Crippen molar-refractivity contribution in [2.75, 3.05) is 26.3 Å². The Morgan fingerprint density at radius 1 is 1.33 bits per heavy atom. The lowest BCUT2D eigenvalue weighted by molar-refractivity contribution is -0.188. The Bertz CT molecular complexity index is 671. The van der Waals surface area contributed by atoms with Gasteiger partial charge >= 0.3 is 0 Å². The van der Waals surface area contributed by atoms with Gasteiger partial charge in [0.05, 0.1) is 25.9 Å². The minimum Gasteiger partial charge on any atom is -0.477 e. The molecule has 3 aliphatic rings. The fourth-order valence-corrected chi connectivity index (χ4v) is 4.48. The fraction of sp³-hybridized carbons (Fsp3) is 0.667. The van der Waals surface area contributed by atoms with Gasteiger partial charge in [-0.3, -0.25) is 9.78 Å². The number of rotatable bonds is 6. The number of ether oxygens (including phenoxy) is 2. The molecule has 3 heterocycles. The van der Waals surface area contributed by atoms with Gasteiger partial charge < -0.3 is 14.4 Å². The van der Waals surface area contributed by atoms with Crippen LogP contribution in [-0.2, 0) is 9.53 Å². The molecule has 1 unspecified atom stereocenters. The van der Waals surface area contributed by atoms with Gasteiger partial charge in [0.1, 0.15) is 5.60 Å². The normalized spacial score (nSPS) is 24.2. The highest BCUT2D eigenvalue weighted by Gasteiger charge is 2.48. The van der Waals surface area contributed by atoms with Crippen molar-refractivity contribution < 1.29 is 14.3 Å². The summed E-state index contributed by atoms with van der Waals surface area (Å²) in [6.45, 7) is 2.93. The van der Waals surface area contributed by atoms with Crippen molar-refractivity contribution in [1.82, 2.24) is 14.9 Å². The number of carbonyl (C=O) groups excluding carboxylic acids is 1. The molecule has 0 radical (unpaired) electrons. The predicted octanol–water partition coefficient (Wildman–Crippen LogP) is 3.14. The number of hydrogen-bond donors (Lipinski definition) is 0. The Morgan fingerprint density at radius 2 is 2.26 bits per heavy atom. The molecule has 2 fully saturated rings. The van der Waals surface area contributed by atoms with Gasteiger partial charge in [0.25, 0.3) is 0 Å². The van der Waals surface area contributed by atoms with Crippen LogP contribution in [0.5, 0.6) is 5.88 Å². The van der Waals surface area contributed by atoms with Gasteiger partial charge in [-0.25, -0.2) is 4.98 Å². The highest BCUT2D eigenvalue weighted by atomic mass is 16.5. The summed E-state index contributed by atoms with van der Waals surface area (Å²) in [5, 5.41) is 0. The molecule has 1 spiro atoms. The minimum atomic E-state index is -0.119. The van der Waals surface area contributed by atoms with Crippen molar-refractivity contribution in [1.29, 1.82) is 0 Å². The second kappa shape index (κ2) is 8.38. The van der Waals surface area contributed by atoms with Crippen LogP contribution in [0.2, 0.25) is 0 Å². The summed E-state index contributed by atoms with van der Waals surface area (Å²) in [5.74, 6) is 1.43. The van der Waals surface area contributed by atoms with Crippen LogP contribution >= 0.6 is 0 Å². The van der Waals surface area contributed by atoms with Crippen LogP contribution in [0, 0.1) is 5.92 Å². The van der Waals surface area contributed by atoms with Crippen LogP contribution in [0.25, 0.3) is 0 Å². The Morgan fingerprint density at radius 3 is 3.04 bits per heavy atom. The average Bonchev–Trinajstić information content (AvgIpc) is 2.68. The lowest BCUT2D eigenvalue weighted by Crippen LogP contribution is -2.66. The molecular formula is C21H29N3O3. The van der Waals surface area contributed by atoms with E-state index in [1.165, 1.54) is 18.4 Å². The Labute approximate surface area is 161 Å². The summed E-state index contributed by atoms with van der Waals surface area (Å²) < 4.78 is 11.8. The summed E-state index contributed by atoms with van der Waals surface area (Å²) in [6.07, 6.45) is 15.6. The topological polar surface area (TPSA) is 64.6 Å². The van der Waals surface area contributed by atoms with Gasteiger partial charge in [0, 0.05) is 25.4 Å². The first-order chi connectivity index (χ1) is 13.2. The number of nitrogens with zero attached hydrogens (tertiary/aromatic N) is 3. The zero-order chi connectivity index (χ0) is 18.5. The van der Waals surface area contributed by atoms with Crippen LogP contribution in [0.3, 0.4) is 0 Å². The molecule has 0 aromatic carbocycles. The number of allylic oxidation sites excluding steroid dienone is 1. The average molecular weight is 371 g/mol. The maximum atomic E-state index is 12.5. The third kappa shape index (κ3) is 4.67. The largest absolute Gasteiger partial charge is 0.477 e. The van der Waals surface area contributed by atoms with E-state index in [2.05, 4.69) is 16.0 Å². The summed E-state index contributed by atoms with van der Waals surface area (Å²) >= 11 is 0. The number of carbonyl (C=O) groups is 1. The predicted molar refractivity (Wildman–Crippen MR) is 101 cm³/mol. The van der Waals surface area contributed by atoms with Crippen LogP contribution in [0.4, 0.5) is 0 Å². The molecule has 0 bridgehead atoms. The van der Waals surface area contributed by atoms with Crippen LogP contribution in [-0.4, -0.2) is 52.7 Å². The molecule has 0 saturated carbocycles. The molecule has 2 aliphatic heterocycles. The zero-order valence-corrected chi connectivity index (χ0v) is 15.9. The van der Waals surface area contributed by atoms with Gasteiger partial charge in [-0.1, -0.05) is 11.6 Å². The third-order valence-corrected chi connectivity index (χ3v) is 5.98. The highest BCUT2D eigenvalue weighted by molar-refractivity contribution is 5.80. The lowest BCUT2D eigenvalue weighted by atomic mass is 9.79. The molecule has 1 amide bonds. The molecule has 27 heavy (non-hydrogen) atoms. The van der Waals surface area contributed by atoms with Gasteiger partial charge in [0.2, 0.25) is 11.8 Å². The molecule has 0 N–H and O–H groups in total. The maximum absolute atomic E-state index is 12.5. The van der Waals surface area contributed by atoms with Crippen molar-refractivity contribution in [2.45, 2.75) is 57.0 Å². The Balaban J connectivity index is 1.21. The first-order valence-electron chi connectivity index (χ1n) is 10.2. The van der Waals surface area contributed by atoms with E-state index in [-0.39, 0.29) is 11.5 Å². The smallest absolute Gasteiger partial charge is 0.232 e. The van der Waals surface area contributed by atoms with Gasteiger partial charge in [0.15, 0.2) is 0 Å². The summed E-state index contributed by atoms with van der Waals surface area (Å²) in [7, 11) is 0. The third-order valence-electron chi connectivity index (χ3n) is 5.98. The summed E-state index contributed by atoms with van der Waals surface area (Å²) in [4.78, 5) is 22.7. The lowest BCUT2D eigenvalue weighted by Gasteiger charge is -2.53. The van der Waals surface area contributed by atoms with Crippen molar-refractivity contribution in [3.8, 4) is 5.88 Å². The molecule has 1 aromatic heterocycles. The maximum Gasteiger partial charge on any atom is 0.232 e. The van der Waals surface area contributed by atoms with Crippen LogP contribution in [0.1, 0.15) is 51.4 Å². The number of likely N-dealkylation sites (tertiary alicyclic amines) is 1. The monoisotopic (exact) mass is 371 g/mol. The Kier molecular flexibility index (Phi) is 5.72. The number of aromatic nitrogens is 2. The highest BCUT2D eigenvalue weighted by Crippen LogP contribution is 2.38. The summed E-state index contributed by atoms with van der Waals surface area (Å²) in [6, 6.07) is 0. The number of hydrogen-bond acceptors (Lipinski definition) is 5. The quantitative estimate of drug-likeness (QED) is 0.719. The van der Waals surface area contributed by atoms with E-state index >= 15 is 0 Å². The van der Waals surface area contributed by atoms with Crippen molar-refractivity contribution in [3.05, 3.63) is 30.2 Å². The van der Waals surface area contributed by atoms with Crippen LogP contribution in [0.15, 0.2) is 30.2 Å².